The van der Waals surface area contributed by atoms with E-state index < -0.39 is 0 Å². The zero-order valence-corrected chi connectivity index (χ0v) is 22.2. The molecule has 0 radical (unpaired) electrons. The van der Waals surface area contributed by atoms with Crippen molar-refractivity contribution in [2.24, 2.45) is 0 Å². The number of hydrogen-bond donors (Lipinski definition) is 2. The van der Waals surface area contributed by atoms with Crippen LogP contribution < -0.4 is 10.2 Å². The maximum absolute atomic E-state index is 11.4. The van der Waals surface area contributed by atoms with Crippen molar-refractivity contribution in [2.75, 3.05) is 70.5 Å². The molecule has 11 heteroatoms. The number of nitrogens with one attached hydrogen (secondary N) is 2. The van der Waals surface area contributed by atoms with Crippen molar-refractivity contribution in [2.45, 2.75) is 6.54 Å². The summed E-state index contributed by atoms with van der Waals surface area (Å²) in [7, 11) is 0. The predicted octanol–water partition coefficient (Wildman–Crippen LogP) is 2.49. The number of aromatic nitrogens is 4. The maximum atomic E-state index is 11.4. The number of piperazine rings is 1. The molecule has 1 aromatic carbocycles. The van der Waals surface area contributed by atoms with Crippen LogP contribution in [0.3, 0.4) is 0 Å². The molecule has 0 bridgehead atoms. The lowest BCUT2D eigenvalue weighted by Gasteiger charge is -2.34. The number of ether oxygens (including phenoxy) is 1. The van der Waals surface area contributed by atoms with Crippen LogP contribution in [0, 0.1) is 0 Å². The molecule has 2 fully saturated rings. The highest BCUT2D eigenvalue weighted by Gasteiger charge is 2.23. The average molecular weight is 533 g/mol. The molecule has 10 nitrogen and oxygen atoms in total. The minimum absolute atomic E-state index is 0.113. The summed E-state index contributed by atoms with van der Waals surface area (Å²) in [6.07, 6.45) is 3.16. The number of nitrogens with zero attached hydrogens (tertiary/aromatic N) is 6. The standard InChI is InChI=1S/C27H32N8O2S/c1-2-24(36)28-6-7-33-8-10-34(11-9-33)18-19-16-23-25(38-19)27(35-12-14-37-15-13-35)31-26(30-23)20-4-3-5-22-21(20)17-29-32-22/h2-5,16-17H,1,6-15,18H2,(H,28,36)(H,29,32). The molecule has 0 unspecified atom stereocenters. The molecule has 2 aliphatic heterocycles. The molecular weight excluding hydrogens is 500 g/mol. The Morgan fingerprint density at radius 3 is 2.76 bits per heavy atom. The summed E-state index contributed by atoms with van der Waals surface area (Å²) in [5.41, 5.74) is 2.96. The van der Waals surface area contributed by atoms with Gasteiger partial charge >= 0.3 is 0 Å². The smallest absolute Gasteiger partial charge is 0.243 e. The number of anilines is 1. The van der Waals surface area contributed by atoms with E-state index in [1.54, 1.807) is 11.3 Å². The fourth-order valence-corrected chi connectivity index (χ4v) is 6.27. The summed E-state index contributed by atoms with van der Waals surface area (Å²) >= 11 is 1.80. The Morgan fingerprint density at radius 2 is 1.95 bits per heavy atom. The highest BCUT2D eigenvalue weighted by Crippen LogP contribution is 2.36. The van der Waals surface area contributed by atoms with Crippen molar-refractivity contribution in [3.8, 4) is 11.4 Å². The van der Waals surface area contributed by atoms with Crippen molar-refractivity contribution >= 4 is 44.2 Å². The van der Waals surface area contributed by atoms with E-state index >= 15 is 0 Å². The Balaban J connectivity index is 1.22. The number of fused-ring (bicyclic) bond motifs is 2. The van der Waals surface area contributed by atoms with Crippen LogP contribution in [0.5, 0.6) is 0 Å². The molecule has 5 heterocycles. The van der Waals surface area contributed by atoms with E-state index in [2.05, 4.69) is 48.9 Å². The fraction of sp³-hybridized carbons (Fsp3) is 0.407. The van der Waals surface area contributed by atoms with Crippen LogP contribution in [0.1, 0.15) is 4.88 Å². The molecule has 2 N–H and O–H groups in total. The van der Waals surface area contributed by atoms with Gasteiger partial charge in [0.15, 0.2) is 11.6 Å². The first kappa shape index (κ1) is 24.9. The number of thiophene rings is 1. The van der Waals surface area contributed by atoms with Gasteiger partial charge in [-0.25, -0.2) is 9.97 Å². The Kier molecular flexibility index (Phi) is 7.32. The van der Waals surface area contributed by atoms with Gasteiger partial charge in [-0.1, -0.05) is 18.7 Å². The monoisotopic (exact) mass is 532 g/mol. The number of H-pyrrole nitrogens is 1. The predicted molar refractivity (Wildman–Crippen MR) is 150 cm³/mol. The number of amides is 1. The molecule has 0 spiro atoms. The van der Waals surface area contributed by atoms with Gasteiger partial charge in [-0.3, -0.25) is 19.7 Å². The van der Waals surface area contributed by atoms with Crippen LogP contribution in [-0.4, -0.2) is 101 Å². The van der Waals surface area contributed by atoms with Crippen molar-refractivity contribution < 1.29 is 9.53 Å². The molecule has 3 aromatic heterocycles. The Morgan fingerprint density at radius 1 is 1.13 bits per heavy atom. The van der Waals surface area contributed by atoms with E-state index in [1.165, 1.54) is 11.0 Å². The normalized spacial score (nSPS) is 17.3. The van der Waals surface area contributed by atoms with Gasteiger partial charge in [0.1, 0.15) is 0 Å². The third kappa shape index (κ3) is 5.28. The average Bonchev–Trinajstić information content (AvgIpc) is 3.60. The molecule has 6 rings (SSSR count). The summed E-state index contributed by atoms with van der Waals surface area (Å²) in [6.45, 7) is 13.0. The Labute approximate surface area is 225 Å². The van der Waals surface area contributed by atoms with Crippen molar-refractivity contribution in [3.05, 3.63) is 48.0 Å². The van der Waals surface area contributed by atoms with E-state index in [9.17, 15) is 4.79 Å². The lowest BCUT2D eigenvalue weighted by molar-refractivity contribution is -0.116. The third-order valence-corrected chi connectivity index (χ3v) is 8.30. The number of aromatic amines is 1. The second-order valence-corrected chi connectivity index (χ2v) is 10.8. The second-order valence-electron chi connectivity index (χ2n) is 9.65. The van der Waals surface area contributed by atoms with Gasteiger partial charge in [-0.2, -0.15) is 5.10 Å². The van der Waals surface area contributed by atoms with Crippen LogP contribution >= 0.6 is 11.3 Å². The minimum Gasteiger partial charge on any atom is -0.378 e. The number of hydrogen-bond acceptors (Lipinski definition) is 9. The largest absolute Gasteiger partial charge is 0.378 e. The number of carbonyl (C=O) groups is 1. The molecule has 198 valence electrons. The lowest BCUT2D eigenvalue weighted by Crippen LogP contribution is -2.47. The van der Waals surface area contributed by atoms with Crippen molar-refractivity contribution in [1.82, 2.24) is 35.3 Å². The summed E-state index contributed by atoms with van der Waals surface area (Å²) in [5, 5.41) is 11.2. The topological polar surface area (TPSA) is 103 Å². The van der Waals surface area contributed by atoms with Crippen LogP contribution in [0.4, 0.5) is 5.82 Å². The van der Waals surface area contributed by atoms with E-state index in [4.69, 9.17) is 14.7 Å². The number of carbonyl (C=O) groups excluding carboxylic acids is 1. The number of benzene rings is 1. The SMILES string of the molecule is C=CC(=O)NCCN1CCN(Cc2cc3nc(-c4cccc5[nH]ncc45)nc(N4CCOCC4)c3s2)CC1. The Hall–Kier alpha value is -3.38. The summed E-state index contributed by atoms with van der Waals surface area (Å²) in [6, 6.07) is 8.34. The molecule has 0 aliphatic carbocycles. The zero-order valence-electron chi connectivity index (χ0n) is 21.4. The van der Waals surface area contributed by atoms with Crippen LogP contribution in [0.25, 0.3) is 32.5 Å². The molecule has 38 heavy (non-hydrogen) atoms. The van der Waals surface area contributed by atoms with E-state index in [-0.39, 0.29) is 5.91 Å². The Bertz CT molecular complexity index is 1440. The van der Waals surface area contributed by atoms with E-state index in [1.807, 2.05) is 18.3 Å². The van der Waals surface area contributed by atoms with Gasteiger partial charge in [-0.05, 0) is 18.2 Å². The van der Waals surface area contributed by atoms with Gasteiger partial charge in [0, 0.05) is 74.7 Å². The lowest BCUT2D eigenvalue weighted by atomic mass is 10.1. The molecular formula is C27H32N8O2S. The summed E-state index contributed by atoms with van der Waals surface area (Å²) in [4.78, 5) is 30.1. The minimum atomic E-state index is -0.113. The first-order chi connectivity index (χ1) is 18.7. The van der Waals surface area contributed by atoms with Crippen LogP contribution in [0.2, 0.25) is 0 Å². The molecule has 1 amide bonds. The first-order valence-corrected chi connectivity index (χ1v) is 13.9. The fourth-order valence-electron chi connectivity index (χ4n) is 5.12. The van der Waals surface area contributed by atoms with Crippen molar-refractivity contribution in [3.63, 3.8) is 0 Å². The zero-order chi connectivity index (χ0) is 25.9. The summed E-state index contributed by atoms with van der Waals surface area (Å²) < 4.78 is 6.76. The molecule has 2 saturated heterocycles. The molecule has 4 aromatic rings. The highest BCUT2D eigenvalue weighted by molar-refractivity contribution is 7.19. The van der Waals surface area contributed by atoms with Gasteiger partial charge in [0.25, 0.3) is 0 Å². The van der Waals surface area contributed by atoms with Gasteiger partial charge in [0.2, 0.25) is 5.91 Å². The maximum Gasteiger partial charge on any atom is 0.243 e. The van der Waals surface area contributed by atoms with Crippen molar-refractivity contribution in [1.29, 1.82) is 0 Å². The van der Waals surface area contributed by atoms with Gasteiger partial charge in [-0.15, -0.1) is 11.3 Å². The van der Waals surface area contributed by atoms with E-state index in [0.717, 1.165) is 90.7 Å². The number of rotatable bonds is 8. The van der Waals surface area contributed by atoms with Gasteiger partial charge in [0.05, 0.1) is 35.1 Å². The van der Waals surface area contributed by atoms with Crippen LogP contribution in [-0.2, 0) is 16.1 Å². The second kappa shape index (κ2) is 11.2. The molecule has 2 aliphatic rings. The highest BCUT2D eigenvalue weighted by atomic mass is 32.1. The summed E-state index contributed by atoms with van der Waals surface area (Å²) in [5.74, 6) is 1.61. The quantitative estimate of drug-likeness (QED) is 0.334. The van der Waals surface area contributed by atoms with E-state index in [0.29, 0.717) is 19.8 Å². The molecule has 0 saturated carbocycles. The molecule has 0 atom stereocenters. The first-order valence-electron chi connectivity index (χ1n) is 13.1. The number of morpholine rings is 1. The van der Waals surface area contributed by atoms with Gasteiger partial charge < -0.3 is 15.0 Å². The van der Waals surface area contributed by atoms with Crippen LogP contribution in [0.15, 0.2) is 43.1 Å². The third-order valence-electron chi connectivity index (χ3n) is 7.20.